The second-order valence-electron chi connectivity index (χ2n) is 4.58. The lowest BCUT2D eigenvalue weighted by Gasteiger charge is -2.03. The maximum atomic E-state index is 11.2. The molecule has 2 heterocycles. The highest BCUT2D eigenvalue weighted by Crippen LogP contribution is 2.18. The van der Waals surface area contributed by atoms with Gasteiger partial charge in [-0.25, -0.2) is 0 Å². The quantitative estimate of drug-likeness (QED) is 0.787. The highest BCUT2D eigenvalue weighted by atomic mass is 35.5. The number of nitrogens with two attached hydrogens (primary N) is 1. The molecule has 0 fully saturated rings. The molecule has 22 heavy (non-hydrogen) atoms. The van der Waals surface area contributed by atoms with Gasteiger partial charge in [0.15, 0.2) is 11.4 Å². The smallest absolute Gasteiger partial charge is 0.272 e. The van der Waals surface area contributed by atoms with E-state index in [1.807, 2.05) is 18.2 Å². The first-order valence-corrected chi connectivity index (χ1v) is 6.64. The van der Waals surface area contributed by atoms with Crippen LogP contribution in [0.4, 0.5) is 0 Å². The van der Waals surface area contributed by atoms with Gasteiger partial charge in [-0.15, -0.1) is 10.2 Å². The molecule has 2 N–H and O–H groups in total. The first kappa shape index (κ1) is 14.0. The van der Waals surface area contributed by atoms with E-state index in [-0.39, 0.29) is 11.4 Å². The fourth-order valence-electron chi connectivity index (χ4n) is 2.08. The molecule has 3 rings (SSSR count). The number of amides is 1. The van der Waals surface area contributed by atoms with Crippen molar-refractivity contribution in [3.63, 3.8) is 0 Å². The molecule has 108 valence electrons. The van der Waals surface area contributed by atoms with E-state index < -0.39 is 5.91 Å². The zero-order valence-electron chi connectivity index (χ0n) is 11.2. The van der Waals surface area contributed by atoms with Gasteiger partial charge in [0.25, 0.3) is 5.91 Å². The van der Waals surface area contributed by atoms with Gasteiger partial charge in [-0.2, -0.15) is 10.1 Å². The summed E-state index contributed by atoms with van der Waals surface area (Å²) in [5.74, 6) is -0.780. The third-order valence-corrected chi connectivity index (χ3v) is 3.24. The van der Waals surface area contributed by atoms with Gasteiger partial charge in [-0.3, -0.25) is 9.78 Å². The summed E-state index contributed by atoms with van der Waals surface area (Å²) in [6.45, 7) is 0.296. The maximum Gasteiger partial charge on any atom is 0.272 e. The van der Waals surface area contributed by atoms with Crippen molar-refractivity contribution in [1.29, 1.82) is 5.26 Å². The normalized spacial score (nSPS) is 10.5. The SMILES string of the molecule is N#Cc1nn(Cc2ccc3ncc(Cl)cc3c2)nc1C(N)=O. The van der Waals surface area contributed by atoms with Crippen molar-refractivity contribution >= 4 is 28.4 Å². The minimum absolute atomic E-state index is 0.0852. The lowest BCUT2D eigenvalue weighted by molar-refractivity contribution is 0.0994. The standard InChI is InChI=1S/C14H9ClN6O/c15-10-4-9-3-8(1-2-11(9)18-6-10)7-21-19-12(5-16)13(20-21)14(17)22/h1-4,6H,7H2,(H2,17,22). The topological polar surface area (TPSA) is 110 Å². The van der Waals surface area contributed by atoms with Gasteiger partial charge in [0, 0.05) is 11.6 Å². The molecule has 0 spiro atoms. The number of pyridine rings is 1. The fraction of sp³-hybridized carbons (Fsp3) is 0.0714. The summed E-state index contributed by atoms with van der Waals surface area (Å²) < 4.78 is 0. The molecule has 8 heteroatoms. The summed E-state index contributed by atoms with van der Waals surface area (Å²) in [5, 5.41) is 18.2. The van der Waals surface area contributed by atoms with Gasteiger partial charge >= 0.3 is 0 Å². The van der Waals surface area contributed by atoms with Crippen LogP contribution < -0.4 is 5.73 Å². The van der Waals surface area contributed by atoms with Crippen molar-refractivity contribution in [1.82, 2.24) is 20.0 Å². The number of rotatable bonds is 3. The Morgan fingerprint density at radius 3 is 2.86 bits per heavy atom. The summed E-state index contributed by atoms with van der Waals surface area (Å²) >= 11 is 5.93. The van der Waals surface area contributed by atoms with E-state index >= 15 is 0 Å². The van der Waals surface area contributed by atoms with Crippen LogP contribution in [0.2, 0.25) is 5.02 Å². The number of hydrogen-bond donors (Lipinski definition) is 1. The highest BCUT2D eigenvalue weighted by Gasteiger charge is 2.15. The zero-order chi connectivity index (χ0) is 15.7. The maximum absolute atomic E-state index is 11.2. The second kappa shape index (κ2) is 5.42. The van der Waals surface area contributed by atoms with Crippen molar-refractivity contribution in [3.8, 4) is 6.07 Å². The number of aromatic nitrogens is 4. The van der Waals surface area contributed by atoms with Crippen molar-refractivity contribution in [2.24, 2.45) is 5.73 Å². The number of primary amides is 1. The predicted octanol–water partition coefficient (Wildman–Crippen LogP) is 1.50. The second-order valence-corrected chi connectivity index (χ2v) is 5.02. The number of benzene rings is 1. The van der Waals surface area contributed by atoms with Crippen LogP contribution in [0.15, 0.2) is 30.5 Å². The third-order valence-electron chi connectivity index (χ3n) is 3.03. The molecule has 3 aromatic rings. The molecule has 0 saturated heterocycles. The van der Waals surface area contributed by atoms with Crippen LogP contribution in [0.1, 0.15) is 21.7 Å². The van der Waals surface area contributed by atoms with E-state index in [1.165, 1.54) is 4.80 Å². The summed E-state index contributed by atoms with van der Waals surface area (Å²) in [5.41, 5.74) is 6.64. The molecule has 2 aromatic heterocycles. The van der Waals surface area contributed by atoms with E-state index in [0.29, 0.717) is 11.6 Å². The number of hydrogen-bond acceptors (Lipinski definition) is 5. The van der Waals surface area contributed by atoms with Crippen molar-refractivity contribution in [2.75, 3.05) is 0 Å². The largest absolute Gasteiger partial charge is 0.364 e. The van der Waals surface area contributed by atoms with Gasteiger partial charge in [0.2, 0.25) is 0 Å². The van der Waals surface area contributed by atoms with Crippen molar-refractivity contribution in [2.45, 2.75) is 6.54 Å². The van der Waals surface area contributed by atoms with Crippen LogP contribution in [-0.2, 0) is 6.54 Å². The van der Waals surface area contributed by atoms with E-state index in [1.54, 1.807) is 18.3 Å². The van der Waals surface area contributed by atoms with Crippen LogP contribution in [0.3, 0.4) is 0 Å². The predicted molar refractivity (Wildman–Crippen MR) is 79.1 cm³/mol. The summed E-state index contributed by atoms with van der Waals surface area (Å²) in [6, 6.07) is 9.21. The molecular weight excluding hydrogens is 304 g/mol. The fourth-order valence-corrected chi connectivity index (χ4v) is 2.24. The molecule has 0 bridgehead atoms. The monoisotopic (exact) mass is 312 g/mol. The molecule has 0 saturated carbocycles. The Balaban J connectivity index is 1.96. The Labute approximate surface area is 129 Å². The first-order valence-electron chi connectivity index (χ1n) is 6.26. The molecular formula is C14H9ClN6O. The third kappa shape index (κ3) is 2.60. The molecule has 0 unspecified atom stereocenters. The summed E-state index contributed by atoms with van der Waals surface area (Å²) in [4.78, 5) is 16.7. The Morgan fingerprint density at radius 1 is 1.36 bits per heavy atom. The van der Waals surface area contributed by atoms with Gasteiger partial charge in [0.1, 0.15) is 6.07 Å². The molecule has 0 radical (unpaired) electrons. The molecule has 0 aliphatic carbocycles. The van der Waals surface area contributed by atoms with Crippen LogP contribution in [0, 0.1) is 11.3 Å². The number of halogens is 1. The average Bonchev–Trinajstić information content (AvgIpc) is 2.90. The summed E-state index contributed by atoms with van der Waals surface area (Å²) in [6.07, 6.45) is 1.58. The Morgan fingerprint density at radius 2 is 2.18 bits per heavy atom. The summed E-state index contributed by atoms with van der Waals surface area (Å²) in [7, 11) is 0. The molecule has 0 atom stereocenters. The lowest BCUT2D eigenvalue weighted by atomic mass is 10.1. The van der Waals surface area contributed by atoms with Gasteiger partial charge in [-0.05, 0) is 23.8 Å². The number of carbonyl (C=O) groups is 1. The Kier molecular flexibility index (Phi) is 3.45. The Hall–Kier alpha value is -2.98. The zero-order valence-corrected chi connectivity index (χ0v) is 11.9. The number of nitriles is 1. The van der Waals surface area contributed by atoms with Crippen LogP contribution in [0.25, 0.3) is 10.9 Å². The first-order chi connectivity index (χ1) is 10.6. The van der Waals surface area contributed by atoms with Crippen LogP contribution in [-0.4, -0.2) is 25.9 Å². The molecule has 1 aromatic carbocycles. The van der Waals surface area contributed by atoms with Gasteiger partial charge < -0.3 is 5.73 Å². The Bertz CT molecular complexity index is 927. The molecule has 1 amide bonds. The molecule has 0 aliphatic heterocycles. The van der Waals surface area contributed by atoms with Gasteiger partial charge in [0.05, 0.1) is 17.1 Å². The number of carbonyl (C=O) groups excluding carboxylic acids is 1. The number of nitrogens with zero attached hydrogens (tertiary/aromatic N) is 5. The van der Waals surface area contributed by atoms with E-state index in [2.05, 4.69) is 15.2 Å². The van der Waals surface area contributed by atoms with Crippen LogP contribution >= 0.6 is 11.6 Å². The van der Waals surface area contributed by atoms with Crippen molar-refractivity contribution in [3.05, 3.63) is 52.4 Å². The molecule has 7 nitrogen and oxygen atoms in total. The van der Waals surface area contributed by atoms with Crippen LogP contribution in [0.5, 0.6) is 0 Å². The average molecular weight is 313 g/mol. The van der Waals surface area contributed by atoms with Crippen molar-refractivity contribution < 1.29 is 4.79 Å². The lowest BCUT2D eigenvalue weighted by Crippen LogP contribution is -2.14. The molecule has 0 aliphatic rings. The van der Waals surface area contributed by atoms with Gasteiger partial charge in [-0.1, -0.05) is 17.7 Å². The highest BCUT2D eigenvalue weighted by molar-refractivity contribution is 6.31. The van der Waals surface area contributed by atoms with E-state index in [4.69, 9.17) is 22.6 Å². The minimum atomic E-state index is -0.780. The van der Waals surface area contributed by atoms with E-state index in [0.717, 1.165) is 16.5 Å². The minimum Gasteiger partial charge on any atom is -0.364 e. The van der Waals surface area contributed by atoms with E-state index in [9.17, 15) is 4.79 Å². The number of fused-ring (bicyclic) bond motifs is 1.